The van der Waals surface area contributed by atoms with E-state index in [9.17, 15) is 39.9 Å². The zero-order valence-electron chi connectivity index (χ0n) is 22.2. The van der Waals surface area contributed by atoms with Crippen molar-refractivity contribution in [1.82, 2.24) is 9.80 Å². The first-order valence-electron chi connectivity index (χ1n) is 13.2. The summed E-state index contributed by atoms with van der Waals surface area (Å²) in [6, 6.07) is 2.15. The average molecular weight is 542 g/mol. The monoisotopic (exact) mass is 541 g/mol. The first-order valence-corrected chi connectivity index (χ1v) is 13.2. The van der Waals surface area contributed by atoms with Gasteiger partial charge in [0.25, 0.3) is 5.91 Å². The van der Waals surface area contributed by atoms with Gasteiger partial charge in [-0.3, -0.25) is 24.2 Å². The summed E-state index contributed by atoms with van der Waals surface area (Å²) in [7, 11) is 2.96. The van der Waals surface area contributed by atoms with Crippen LogP contribution in [-0.4, -0.2) is 97.7 Å². The van der Waals surface area contributed by atoms with E-state index in [-0.39, 0.29) is 16.9 Å². The molecule has 3 aliphatic carbocycles. The molecule has 1 heterocycles. The Hall–Kier alpha value is -3.25. The van der Waals surface area contributed by atoms with Crippen molar-refractivity contribution < 1.29 is 39.9 Å². The predicted molar refractivity (Wildman–Crippen MR) is 139 cm³/mol. The molecule has 4 aliphatic rings. The minimum atomic E-state index is -2.91. The maximum absolute atomic E-state index is 14.0. The molecule has 1 aromatic rings. The van der Waals surface area contributed by atoms with Crippen LogP contribution < -0.4 is 5.73 Å². The molecule has 1 aliphatic heterocycles. The molecule has 0 spiro atoms. The van der Waals surface area contributed by atoms with Gasteiger partial charge in [0.05, 0.1) is 23.6 Å². The van der Waals surface area contributed by atoms with Crippen molar-refractivity contribution in [3.8, 4) is 5.75 Å². The van der Waals surface area contributed by atoms with Crippen molar-refractivity contribution in [2.75, 3.05) is 27.2 Å². The number of likely N-dealkylation sites (N-methyl/N-ethyl adjacent to an activating group) is 1. The number of amides is 1. The Bertz CT molecular complexity index is 1330. The van der Waals surface area contributed by atoms with Gasteiger partial charge in [-0.05, 0) is 51.5 Å². The molecule has 5 rings (SSSR count). The number of phenolic OH excluding ortho intramolecular Hbond substituents is 1. The third-order valence-electron chi connectivity index (χ3n) is 9.06. The van der Waals surface area contributed by atoms with Crippen molar-refractivity contribution in [3.63, 3.8) is 0 Å². The Morgan fingerprint density at radius 1 is 1.13 bits per heavy atom. The lowest BCUT2D eigenvalue weighted by Crippen LogP contribution is -2.70. The number of aromatic hydroxyl groups is 1. The number of fused-ring (bicyclic) bond motifs is 3. The maximum atomic E-state index is 14.0. The van der Waals surface area contributed by atoms with E-state index in [0.717, 1.165) is 32.4 Å². The van der Waals surface area contributed by atoms with Crippen molar-refractivity contribution in [3.05, 3.63) is 45.7 Å². The van der Waals surface area contributed by atoms with E-state index in [0.29, 0.717) is 17.7 Å². The summed E-state index contributed by atoms with van der Waals surface area (Å²) in [4.78, 5) is 43.0. The fourth-order valence-corrected chi connectivity index (χ4v) is 7.15. The van der Waals surface area contributed by atoms with Crippen molar-refractivity contribution >= 4 is 23.2 Å². The number of aliphatic hydroxyl groups is 4. The SMILES string of the molecule is C[C@@H]1c2ccc(CN3CCCCC3)c(O)c2C(O)=C2C(=O)[C@@]3(O)C(O)=C(C(N)=O)C(=O)[C@H](N(C)C)[C@@H]3[C@H](O)[C@H]21. The summed E-state index contributed by atoms with van der Waals surface area (Å²) in [6.45, 7) is 3.92. The van der Waals surface area contributed by atoms with Crippen molar-refractivity contribution in [2.45, 2.75) is 56.4 Å². The van der Waals surface area contributed by atoms with Crippen LogP contribution in [0.25, 0.3) is 5.76 Å². The Labute approximate surface area is 225 Å². The van der Waals surface area contributed by atoms with Gasteiger partial charge in [-0.2, -0.15) is 0 Å². The van der Waals surface area contributed by atoms with Gasteiger partial charge in [-0.25, -0.2) is 0 Å². The topological polar surface area (TPSA) is 185 Å². The van der Waals surface area contributed by atoms with E-state index >= 15 is 0 Å². The van der Waals surface area contributed by atoms with Gasteiger partial charge in [0.1, 0.15) is 22.8 Å². The smallest absolute Gasteiger partial charge is 0.255 e. The maximum Gasteiger partial charge on any atom is 0.255 e. The molecule has 11 nitrogen and oxygen atoms in total. The summed E-state index contributed by atoms with van der Waals surface area (Å²) in [6.07, 6.45) is 1.64. The van der Waals surface area contributed by atoms with Gasteiger partial charge < -0.3 is 31.3 Å². The van der Waals surface area contributed by atoms with E-state index in [2.05, 4.69) is 4.90 Å². The molecule has 39 heavy (non-hydrogen) atoms. The standard InChI is InChI=1S/C28H35N3O8/c1-12-14-8-7-13(11-31-9-5-4-6-10-31)21(32)16(14)22(33)17-15(12)23(34)19-20(30(2)3)24(35)18(27(29)38)26(37)28(19,39)25(17)36/h7-8,12,15,19-20,23,32-34,37,39H,4-6,9-11H2,1-3H3,(H2,29,38)/t12-,15+,19-,20-,23-,28-/m1/s1. The van der Waals surface area contributed by atoms with Crippen LogP contribution in [0.15, 0.2) is 29.0 Å². The number of nitrogens with zero attached hydrogens (tertiary/aromatic N) is 2. The lowest BCUT2D eigenvalue weighted by Gasteiger charge is -2.53. The zero-order valence-corrected chi connectivity index (χ0v) is 22.2. The summed E-state index contributed by atoms with van der Waals surface area (Å²) < 4.78 is 0. The third-order valence-corrected chi connectivity index (χ3v) is 9.06. The van der Waals surface area contributed by atoms with Crippen LogP contribution in [0.1, 0.15) is 48.8 Å². The summed E-state index contributed by atoms with van der Waals surface area (Å²) in [5, 5.41) is 57.1. The Balaban J connectivity index is 1.69. The minimum Gasteiger partial charge on any atom is -0.508 e. The molecule has 210 valence electrons. The second-order valence-corrected chi connectivity index (χ2v) is 11.4. The third kappa shape index (κ3) is 3.75. The summed E-state index contributed by atoms with van der Waals surface area (Å²) in [5.41, 5.74) is 2.22. The fraction of sp³-hybridized carbons (Fsp3) is 0.536. The van der Waals surface area contributed by atoms with Crippen LogP contribution in [-0.2, 0) is 20.9 Å². The molecule has 1 saturated heterocycles. The number of Topliss-reactive ketones (excluding diaryl/α,β-unsaturated/α-hetero) is 2. The summed E-state index contributed by atoms with van der Waals surface area (Å²) in [5.74, 6) is -8.73. The van der Waals surface area contributed by atoms with Crippen LogP contribution in [0.3, 0.4) is 0 Å². The van der Waals surface area contributed by atoms with Gasteiger partial charge in [-0.15, -0.1) is 0 Å². The second-order valence-electron chi connectivity index (χ2n) is 11.4. The van der Waals surface area contributed by atoms with Crippen LogP contribution in [0.5, 0.6) is 5.75 Å². The lowest BCUT2D eigenvalue weighted by atomic mass is 9.54. The Kier molecular flexibility index (Phi) is 6.61. The molecule has 6 atom stereocenters. The predicted octanol–water partition coefficient (Wildman–Crippen LogP) is 0.482. The summed E-state index contributed by atoms with van der Waals surface area (Å²) >= 11 is 0. The molecule has 1 amide bonds. The number of hydrogen-bond acceptors (Lipinski definition) is 10. The normalized spacial score (nSPS) is 33.2. The Morgan fingerprint density at radius 3 is 2.36 bits per heavy atom. The number of nitrogens with two attached hydrogens (primary N) is 1. The number of carbonyl (C=O) groups excluding carboxylic acids is 3. The lowest BCUT2D eigenvalue weighted by molar-refractivity contribution is -0.169. The fourth-order valence-electron chi connectivity index (χ4n) is 7.15. The van der Waals surface area contributed by atoms with Gasteiger partial charge in [0.15, 0.2) is 11.4 Å². The molecule has 1 saturated carbocycles. The number of benzene rings is 1. The van der Waals surface area contributed by atoms with Gasteiger partial charge in [0, 0.05) is 23.6 Å². The highest BCUT2D eigenvalue weighted by molar-refractivity contribution is 6.24. The quantitative estimate of drug-likeness (QED) is 0.293. The molecular weight excluding hydrogens is 506 g/mol. The number of phenols is 1. The largest absolute Gasteiger partial charge is 0.508 e. The van der Waals surface area contributed by atoms with E-state index < -0.39 is 70.1 Å². The average Bonchev–Trinajstić information content (AvgIpc) is 2.87. The highest BCUT2D eigenvalue weighted by atomic mass is 16.4. The highest BCUT2D eigenvalue weighted by Crippen LogP contribution is 2.56. The number of hydrogen-bond donors (Lipinski definition) is 6. The number of primary amides is 1. The number of likely N-dealkylation sites (tertiary alicyclic amines) is 1. The van der Waals surface area contributed by atoms with Crippen LogP contribution in [0.2, 0.25) is 0 Å². The van der Waals surface area contributed by atoms with E-state index in [4.69, 9.17) is 5.73 Å². The van der Waals surface area contributed by atoms with Crippen molar-refractivity contribution in [2.24, 2.45) is 17.6 Å². The molecule has 1 aromatic carbocycles. The van der Waals surface area contributed by atoms with Gasteiger partial charge in [0.2, 0.25) is 5.78 Å². The van der Waals surface area contributed by atoms with Gasteiger partial charge >= 0.3 is 0 Å². The van der Waals surface area contributed by atoms with Crippen molar-refractivity contribution in [1.29, 1.82) is 0 Å². The van der Waals surface area contributed by atoms with E-state index in [1.165, 1.54) is 19.0 Å². The number of aliphatic hydroxyl groups excluding tert-OH is 3. The molecule has 0 aromatic heterocycles. The molecule has 0 bridgehead atoms. The first-order chi connectivity index (χ1) is 18.3. The molecule has 0 radical (unpaired) electrons. The molecule has 7 N–H and O–H groups in total. The van der Waals surface area contributed by atoms with Crippen LogP contribution in [0.4, 0.5) is 0 Å². The molecular formula is C28H35N3O8. The Morgan fingerprint density at radius 2 is 1.77 bits per heavy atom. The van der Waals surface area contributed by atoms with Crippen LogP contribution in [0, 0.1) is 11.8 Å². The molecule has 2 fully saturated rings. The number of carbonyl (C=O) groups is 3. The zero-order chi connectivity index (χ0) is 28.5. The van der Waals surface area contributed by atoms with E-state index in [1.54, 1.807) is 19.1 Å². The van der Waals surface area contributed by atoms with Crippen LogP contribution >= 0.6 is 0 Å². The molecule has 11 heteroatoms. The number of piperidine rings is 1. The minimum absolute atomic E-state index is 0.0282. The first kappa shape index (κ1) is 27.3. The highest BCUT2D eigenvalue weighted by Gasteiger charge is 2.68. The number of ketones is 2. The number of rotatable bonds is 4. The van der Waals surface area contributed by atoms with E-state index in [1.807, 2.05) is 0 Å². The molecule has 0 unspecified atom stereocenters. The second kappa shape index (κ2) is 9.44. The van der Waals surface area contributed by atoms with Gasteiger partial charge in [-0.1, -0.05) is 25.5 Å².